The molecule has 0 radical (unpaired) electrons. The maximum absolute atomic E-state index is 13.9. The van der Waals surface area contributed by atoms with E-state index in [9.17, 15) is 12.8 Å². The quantitative estimate of drug-likeness (QED) is 0.793. The van der Waals surface area contributed by atoms with Gasteiger partial charge in [0.2, 0.25) is 10.0 Å². The summed E-state index contributed by atoms with van der Waals surface area (Å²) in [6, 6.07) is 4.37. The molecule has 1 heterocycles. The number of halogens is 2. The first-order valence-corrected chi connectivity index (χ1v) is 8.92. The molecule has 1 aliphatic heterocycles. The molecule has 0 aliphatic carbocycles. The fourth-order valence-electron chi connectivity index (χ4n) is 2.43. The van der Waals surface area contributed by atoms with Crippen LogP contribution in [-0.4, -0.2) is 49.8 Å². The SMILES string of the molecule is CC(C)N1CCN(S(=O)(=O)c2cc(CCl)ccc2F)CC1. The minimum atomic E-state index is -3.80. The number of alkyl halides is 1. The molecule has 0 aromatic heterocycles. The second-order valence-electron chi connectivity index (χ2n) is 5.43. The van der Waals surface area contributed by atoms with E-state index in [1.54, 1.807) is 0 Å². The van der Waals surface area contributed by atoms with Gasteiger partial charge in [-0.25, -0.2) is 12.8 Å². The summed E-state index contributed by atoms with van der Waals surface area (Å²) in [6.45, 7) is 6.24. The normalized spacial score (nSPS) is 18.3. The van der Waals surface area contributed by atoms with Crippen LogP contribution in [0.25, 0.3) is 0 Å². The van der Waals surface area contributed by atoms with Crippen LogP contribution in [0.5, 0.6) is 0 Å². The molecule has 0 bridgehead atoms. The Kier molecular flexibility index (Phi) is 5.24. The molecule has 0 saturated carbocycles. The zero-order valence-electron chi connectivity index (χ0n) is 12.2. The standard InChI is InChI=1S/C14H20ClFN2O2S/c1-11(2)17-5-7-18(8-6-17)21(19,20)14-9-12(10-15)3-4-13(14)16/h3-4,9,11H,5-8,10H2,1-2H3. The van der Waals surface area contributed by atoms with Crippen molar-refractivity contribution in [1.29, 1.82) is 0 Å². The molecule has 2 rings (SSSR count). The highest BCUT2D eigenvalue weighted by Gasteiger charge is 2.31. The highest BCUT2D eigenvalue weighted by atomic mass is 35.5. The molecule has 0 unspecified atom stereocenters. The lowest BCUT2D eigenvalue weighted by atomic mass is 10.2. The van der Waals surface area contributed by atoms with Crippen LogP contribution >= 0.6 is 11.6 Å². The van der Waals surface area contributed by atoms with E-state index in [-0.39, 0.29) is 10.8 Å². The van der Waals surface area contributed by atoms with Crippen molar-refractivity contribution in [1.82, 2.24) is 9.21 Å². The maximum atomic E-state index is 13.9. The van der Waals surface area contributed by atoms with Crippen LogP contribution in [0.2, 0.25) is 0 Å². The summed E-state index contributed by atoms with van der Waals surface area (Å²) in [5.41, 5.74) is 0.595. The zero-order chi connectivity index (χ0) is 15.6. The molecule has 1 saturated heterocycles. The van der Waals surface area contributed by atoms with Gasteiger partial charge in [0.05, 0.1) is 0 Å². The van der Waals surface area contributed by atoms with Gasteiger partial charge in [0.25, 0.3) is 0 Å². The Morgan fingerprint density at radius 1 is 1.24 bits per heavy atom. The summed E-state index contributed by atoms with van der Waals surface area (Å²) in [5.74, 6) is -0.570. The number of rotatable bonds is 4. The first-order chi connectivity index (χ1) is 9.86. The van der Waals surface area contributed by atoms with Crippen molar-refractivity contribution in [3.63, 3.8) is 0 Å². The molecule has 1 fully saturated rings. The summed E-state index contributed by atoms with van der Waals surface area (Å²) in [6.07, 6.45) is 0. The Morgan fingerprint density at radius 2 is 1.86 bits per heavy atom. The molecule has 1 aromatic rings. The smallest absolute Gasteiger partial charge is 0.246 e. The zero-order valence-corrected chi connectivity index (χ0v) is 13.8. The van der Waals surface area contributed by atoms with Crippen LogP contribution in [0.3, 0.4) is 0 Å². The summed E-state index contributed by atoms with van der Waals surface area (Å²) in [4.78, 5) is 1.93. The van der Waals surface area contributed by atoms with Gasteiger partial charge >= 0.3 is 0 Å². The van der Waals surface area contributed by atoms with E-state index in [4.69, 9.17) is 11.6 Å². The molecule has 0 spiro atoms. The number of hydrogen-bond donors (Lipinski definition) is 0. The topological polar surface area (TPSA) is 40.6 Å². The molecule has 21 heavy (non-hydrogen) atoms. The van der Waals surface area contributed by atoms with Crippen LogP contribution in [0.4, 0.5) is 4.39 Å². The molecule has 1 aliphatic rings. The fraction of sp³-hybridized carbons (Fsp3) is 0.571. The van der Waals surface area contributed by atoms with Crippen molar-refractivity contribution in [3.05, 3.63) is 29.6 Å². The van der Waals surface area contributed by atoms with Gasteiger partial charge in [0.15, 0.2) is 0 Å². The van der Waals surface area contributed by atoms with Crippen molar-refractivity contribution >= 4 is 21.6 Å². The second kappa shape index (κ2) is 6.60. The van der Waals surface area contributed by atoms with Crippen LogP contribution in [0, 0.1) is 5.82 Å². The van der Waals surface area contributed by atoms with Crippen LogP contribution in [0.15, 0.2) is 23.1 Å². The number of nitrogens with zero attached hydrogens (tertiary/aromatic N) is 2. The van der Waals surface area contributed by atoms with Gasteiger partial charge in [0, 0.05) is 38.1 Å². The molecule has 1 aromatic carbocycles. The predicted molar refractivity (Wildman–Crippen MR) is 81.4 cm³/mol. The van der Waals surface area contributed by atoms with E-state index in [2.05, 4.69) is 18.7 Å². The van der Waals surface area contributed by atoms with Crippen molar-refractivity contribution < 1.29 is 12.8 Å². The van der Waals surface area contributed by atoms with E-state index in [0.717, 1.165) is 6.07 Å². The molecule has 0 amide bonds. The van der Waals surface area contributed by atoms with Crippen LogP contribution in [-0.2, 0) is 15.9 Å². The Labute approximate surface area is 130 Å². The Hall–Kier alpha value is -0.690. The molecule has 0 N–H and O–H groups in total. The number of benzene rings is 1. The third-order valence-electron chi connectivity index (χ3n) is 3.77. The number of hydrogen-bond acceptors (Lipinski definition) is 3. The van der Waals surface area contributed by atoms with Crippen molar-refractivity contribution in [2.24, 2.45) is 0 Å². The monoisotopic (exact) mass is 334 g/mol. The summed E-state index contributed by atoms with van der Waals surface area (Å²) in [5, 5.41) is 0. The van der Waals surface area contributed by atoms with E-state index < -0.39 is 15.8 Å². The molecule has 0 atom stereocenters. The Balaban J connectivity index is 2.23. The van der Waals surface area contributed by atoms with Crippen molar-refractivity contribution in [2.75, 3.05) is 26.2 Å². The summed E-state index contributed by atoms with van der Waals surface area (Å²) < 4.78 is 40.4. The van der Waals surface area contributed by atoms with Gasteiger partial charge < -0.3 is 0 Å². The van der Waals surface area contributed by atoms with Crippen LogP contribution < -0.4 is 0 Å². The van der Waals surface area contributed by atoms with Gasteiger partial charge in [-0.15, -0.1) is 11.6 Å². The minimum Gasteiger partial charge on any atom is -0.298 e. The largest absolute Gasteiger partial charge is 0.298 e. The summed E-state index contributed by atoms with van der Waals surface area (Å²) in [7, 11) is -3.80. The number of piperazine rings is 1. The van der Waals surface area contributed by atoms with Crippen molar-refractivity contribution in [3.8, 4) is 0 Å². The van der Waals surface area contributed by atoms with Gasteiger partial charge in [-0.3, -0.25) is 4.90 Å². The molecule has 4 nitrogen and oxygen atoms in total. The lowest BCUT2D eigenvalue weighted by Crippen LogP contribution is -2.50. The van der Waals surface area contributed by atoms with Crippen molar-refractivity contribution in [2.45, 2.75) is 30.7 Å². The second-order valence-corrected chi connectivity index (χ2v) is 7.61. The van der Waals surface area contributed by atoms with Crippen LogP contribution in [0.1, 0.15) is 19.4 Å². The highest BCUT2D eigenvalue weighted by Crippen LogP contribution is 2.23. The lowest BCUT2D eigenvalue weighted by Gasteiger charge is -2.36. The van der Waals surface area contributed by atoms with E-state index in [1.807, 2.05) is 0 Å². The first kappa shape index (κ1) is 16.7. The predicted octanol–water partition coefficient (Wildman–Crippen LogP) is 2.28. The van der Waals surface area contributed by atoms with E-state index in [1.165, 1.54) is 16.4 Å². The van der Waals surface area contributed by atoms with Gasteiger partial charge in [-0.2, -0.15) is 4.31 Å². The van der Waals surface area contributed by atoms with Gasteiger partial charge in [-0.1, -0.05) is 6.07 Å². The maximum Gasteiger partial charge on any atom is 0.246 e. The molecule has 118 valence electrons. The average molecular weight is 335 g/mol. The minimum absolute atomic E-state index is 0.157. The van der Waals surface area contributed by atoms with Gasteiger partial charge in [-0.05, 0) is 31.5 Å². The third kappa shape index (κ3) is 3.56. The third-order valence-corrected chi connectivity index (χ3v) is 5.99. The van der Waals surface area contributed by atoms with E-state index >= 15 is 0 Å². The van der Waals surface area contributed by atoms with E-state index in [0.29, 0.717) is 37.8 Å². The molecule has 7 heteroatoms. The fourth-order valence-corrected chi connectivity index (χ4v) is 4.13. The average Bonchev–Trinajstić information content (AvgIpc) is 2.47. The molecular weight excluding hydrogens is 315 g/mol. The first-order valence-electron chi connectivity index (χ1n) is 6.95. The van der Waals surface area contributed by atoms with Gasteiger partial charge in [0.1, 0.15) is 10.7 Å². The number of sulfonamides is 1. The molecular formula is C14H20ClFN2O2S. The Bertz CT molecular complexity index is 599. The lowest BCUT2D eigenvalue weighted by molar-refractivity contribution is 0.154. The summed E-state index contributed by atoms with van der Waals surface area (Å²) >= 11 is 5.70. The Morgan fingerprint density at radius 3 is 2.38 bits per heavy atom. The highest BCUT2D eigenvalue weighted by molar-refractivity contribution is 7.89.